The summed E-state index contributed by atoms with van der Waals surface area (Å²) in [5.74, 6) is -1.18. The highest BCUT2D eigenvalue weighted by Gasteiger charge is 2.34. The van der Waals surface area contributed by atoms with E-state index in [2.05, 4.69) is 27.9 Å². The molecular formula is C23H19IN2O2. The topological polar surface area (TPSA) is 72.2 Å². The van der Waals surface area contributed by atoms with E-state index in [1.165, 1.54) is 0 Å². The third-order valence-electron chi connectivity index (χ3n) is 5.08. The fourth-order valence-electron chi connectivity index (χ4n) is 3.82. The molecule has 28 heavy (non-hydrogen) atoms. The van der Waals surface area contributed by atoms with Crippen molar-refractivity contribution in [1.82, 2.24) is 5.32 Å². The first-order valence-corrected chi connectivity index (χ1v) is 10.1. The van der Waals surface area contributed by atoms with Gasteiger partial charge in [0.05, 0.1) is 5.92 Å². The standard InChI is InChI=1S/C23H19IN2O2/c24-15-7-5-6-14(12-15)13-20(22(25)27)26-23(28)21-18-10-3-1-8-16(18)17-9-2-4-11-19(17)21/h1-12,20-21H,13H2,(H2,25,27)(H,26,28)/t20-/m1/s1. The van der Waals surface area contributed by atoms with E-state index >= 15 is 0 Å². The molecule has 5 heteroatoms. The van der Waals surface area contributed by atoms with E-state index in [0.717, 1.165) is 31.4 Å². The van der Waals surface area contributed by atoms with E-state index in [0.29, 0.717) is 6.42 Å². The molecule has 0 fully saturated rings. The maximum atomic E-state index is 13.2. The molecular weight excluding hydrogens is 463 g/mol. The van der Waals surface area contributed by atoms with Gasteiger partial charge in [-0.1, -0.05) is 60.7 Å². The Bertz CT molecular complexity index is 1020. The van der Waals surface area contributed by atoms with Crippen LogP contribution in [0.4, 0.5) is 0 Å². The van der Waals surface area contributed by atoms with Gasteiger partial charge in [-0.25, -0.2) is 0 Å². The highest BCUT2D eigenvalue weighted by atomic mass is 127. The Kier molecular flexibility index (Phi) is 5.17. The molecule has 3 aromatic carbocycles. The van der Waals surface area contributed by atoms with Gasteiger partial charge in [0.15, 0.2) is 0 Å². The number of nitrogens with one attached hydrogen (secondary N) is 1. The largest absolute Gasteiger partial charge is 0.368 e. The number of hydrogen-bond acceptors (Lipinski definition) is 2. The summed E-state index contributed by atoms with van der Waals surface area (Å²) in [6.07, 6.45) is 0.369. The van der Waals surface area contributed by atoms with E-state index in [1.807, 2.05) is 72.8 Å². The number of hydrogen-bond donors (Lipinski definition) is 2. The molecule has 4 nitrogen and oxygen atoms in total. The van der Waals surface area contributed by atoms with Crippen molar-refractivity contribution in [2.24, 2.45) is 5.73 Å². The Hall–Kier alpha value is -2.67. The van der Waals surface area contributed by atoms with Crippen LogP contribution in [0.5, 0.6) is 0 Å². The lowest BCUT2D eigenvalue weighted by molar-refractivity contribution is -0.127. The molecule has 0 aliphatic heterocycles. The van der Waals surface area contributed by atoms with E-state index in [9.17, 15) is 9.59 Å². The lowest BCUT2D eigenvalue weighted by atomic mass is 9.95. The van der Waals surface area contributed by atoms with Crippen LogP contribution in [0.3, 0.4) is 0 Å². The van der Waals surface area contributed by atoms with Gasteiger partial charge in [-0.2, -0.15) is 0 Å². The predicted octanol–water partition coefficient (Wildman–Crippen LogP) is 3.62. The molecule has 2 amide bonds. The number of benzene rings is 3. The summed E-state index contributed by atoms with van der Waals surface area (Å²) in [5.41, 5.74) is 10.6. The number of nitrogens with two attached hydrogens (primary N) is 1. The second-order valence-electron chi connectivity index (χ2n) is 6.91. The van der Waals surface area contributed by atoms with Crippen molar-refractivity contribution in [2.45, 2.75) is 18.4 Å². The number of carbonyl (C=O) groups excluding carboxylic acids is 2. The molecule has 1 aliphatic rings. The van der Waals surface area contributed by atoms with Gasteiger partial charge >= 0.3 is 0 Å². The third kappa shape index (κ3) is 3.54. The molecule has 0 saturated carbocycles. The smallest absolute Gasteiger partial charge is 0.240 e. The summed E-state index contributed by atoms with van der Waals surface area (Å²) in [7, 11) is 0. The first-order chi connectivity index (χ1) is 13.5. The van der Waals surface area contributed by atoms with Gasteiger partial charge in [-0.3, -0.25) is 9.59 Å². The number of fused-ring (bicyclic) bond motifs is 3. The first kappa shape index (κ1) is 18.7. The molecule has 3 aromatic rings. The Morgan fingerprint density at radius 3 is 2.11 bits per heavy atom. The zero-order valence-electron chi connectivity index (χ0n) is 15.1. The Morgan fingerprint density at radius 2 is 1.54 bits per heavy atom. The minimum atomic E-state index is -0.759. The maximum Gasteiger partial charge on any atom is 0.240 e. The molecule has 0 spiro atoms. The Morgan fingerprint density at radius 1 is 0.929 bits per heavy atom. The number of amides is 2. The van der Waals surface area contributed by atoms with Crippen molar-refractivity contribution < 1.29 is 9.59 Å². The molecule has 0 aromatic heterocycles. The molecule has 4 rings (SSSR count). The molecule has 0 bridgehead atoms. The van der Waals surface area contributed by atoms with Crippen molar-refractivity contribution in [3.8, 4) is 11.1 Å². The number of carbonyl (C=O) groups is 2. The molecule has 0 unspecified atom stereocenters. The summed E-state index contributed by atoms with van der Waals surface area (Å²) in [5, 5.41) is 2.89. The first-order valence-electron chi connectivity index (χ1n) is 9.07. The Balaban J connectivity index is 1.62. The van der Waals surface area contributed by atoms with E-state index in [4.69, 9.17) is 5.73 Å². The molecule has 0 saturated heterocycles. The SMILES string of the molecule is NC(=O)[C@@H](Cc1cccc(I)c1)NC(=O)C1c2ccccc2-c2ccccc21. The fourth-order valence-corrected chi connectivity index (χ4v) is 4.42. The third-order valence-corrected chi connectivity index (χ3v) is 5.76. The van der Waals surface area contributed by atoms with Gasteiger partial charge in [0.25, 0.3) is 0 Å². The quantitative estimate of drug-likeness (QED) is 0.546. The second-order valence-corrected chi connectivity index (χ2v) is 8.15. The highest BCUT2D eigenvalue weighted by molar-refractivity contribution is 14.1. The van der Waals surface area contributed by atoms with Gasteiger partial charge in [-0.05, 0) is 62.5 Å². The average molecular weight is 482 g/mol. The minimum Gasteiger partial charge on any atom is -0.368 e. The van der Waals surface area contributed by atoms with E-state index < -0.39 is 17.9 Å². The van der Waals surface area contributed by atoms with Gasteiger partial charge in [0, 0.05) is 9.99 Å². The van der Waals surface area contributed by atoms with Crippen LogP contribution in [-0.4, -0.2) is 17.9 Å². The lowest BCUT2D eigenvalue weighted by Gasteiger charge is -2.20. The fraction of sp³-hybridized carbons (Fsp3) is 0.130. The molecule has 1 aliphatic carbocycles. The molecule has 0 radical (unpaired) electrons. The summed E-state index contributed by atoms with van der Waals surface area (Å²) in [4.78, 5) is 25.3. The van der Waals surface area contributed by atoms with Crippen molar-refractivity contribution in [3.05, 3.63) is 93.1 Å². The van der Waals surface area contributed by atoms with Gasteiger partial charge in [0.1, 0.15) is 6.04 Å². The highest BCUT2D eigenvalue weighted by Crippen LogP contribution is 2.44. The zero-order valence-corrected chi connectivity index (χ0v) is 17.2. The van der Waals surface area contributed by atoms with Crippen molar-refractivity contribution in [1.29, 1.82) is 0 Å². The van der Waals surface area contributed by atoms with Crippen molar-refractivity contribution in [3.63, 3.8) is 0 Å². The maximum absolute atomic E-state index is 13.2. The zero-order chi connectivity index (χ0) is 19.7. The van der Waals surface area contributed by atoms with E-state index in [-0.39, 0.29) is 5.91 Å². The number of primary amides is 1. The molecule has 0 heterocycles. The van der Waals surface area contributed by atoms with Crippen LogP contribution in [0.2, 0.25) is 0 Å². The molecule has 1 atom stereocenters. The summed E-state index contributed by atoms with van der Waals surface area (Å²) in [6, 6.07) is 22.9. The van der Waals surface area contributed by atoms with Crippen LogP contribution in [0, 0.1) is 3.57 Å². The van der Waals surface area contributed by atoms with Gasteiger partial charge in [0.2, 0.25) is 11.8 Å². The lowest BCUT2D eigenvalue weighted by Crippen LogP contribution is -2.47. The van der Waals surface area contributed by atoms with Crippen LogP contribution in [0.25, 0.3) is 11.1 Å². The van der Waals surface area contributed by atoms with Crippen molar-refractivity contribution in [2.75, 3.05) is 0 Å². The number of halogens is 1. The normalized spacial score (nSPS) is 13.5. The summed E-state index contributed by atoms with van der Waals surface area (Å²) in [6.45, 7) is 0. The van der Waals surface area contributed by atoms with Crippen molar-refractivity contribution >= 4 is 34.4 Å². The average Bonchev–Trinajstić information content (AvgIpc) is 3.02. The van der Waals surface area contributed by atoms with Gasteiger partial charge < -0.3 is 11.1 Å². The van der Waals surface area contributed by atoms with Crippen LogP contribution < -0.4 is 11.1 Å². The summed E-state index contributed by atoms with van der Waals surface area (Å²) >= 11 is 2.22. The van der Waals surface area contributed by atoms with Crippen LogP contribution in [-0.2, 0) is 16.0 Å². The summed E-state index contributed by atoms with van der Waals surface area (Å²) < 4.78 is 1.07. The minimum absolute atomic E-state index is 0.202. The molecule has 140 valence electrons. The number of rotatable bonds is 5. The van der Waals surface area contributed by atoms with Crippen LogP contribution in [0.15, 0.2) is 72.8 Å². The molecule has 3 N–H and O–H groups in total. The second kappa shape index (κ2) is 7.75. The van der Waals surface area contributed by atoms with Crippen LogP contribution >= 0.6 is 22.6 Å². The monoisotopic (exact) mass is 482 g/mol. The van der Waals surface area contributed by atoms with Gasteiger partial charge in [-0.15, -0.1) is 0 Å². The van der Waals surface area contributed by atoms with E-state index in [1.54, 1.807) is 0 Å². The Labute approximate surface area is 177 Å². The van der Waals surface area contributed by atoms with Crippen LogP contribution in [0.1, 0.15) is 22.6 Å². The predicted molar refractivity (Wildman–Crippen MR) is 118 cm³/mol.